The normalized spacial score (nSPS) is 13.1. The number of rotatable bonds is 48. The second kappa shape index (κ2) is 44.5. The summed E-state index contributed by atoms with van der Waals surface area (Å²) in [7, 11) is -2.26. The number of ether oxygens (including phenoxy) is 2. The predicted octanol–water partition coefficient (Wildman–Crippen LogP) is 14.9. The van der Waals surface area contributed by atoms with Crippen LogP contribution in [-0.4, -0.2) is 76.9 Å². The van der Waals surface area contributed by atoms with Crippen molar-refractivity contribution in [3.63, 3.8) is 0 Å². The van der Waals surface area contributed by atoms with Crippen LogP contribution in [-0.2, 0) is 23.1 Å². The lowest BCUT2D eigenvalue weighted by Gasteiger charge is -2.29. The van der Waals surface area contributed by atoms with E-state index in [1.807, 2.05) is 0 Å². The van der Waals surface area contributed by atoms with Gasteiger partial charge in [-0.2, -0.15) is 0 Å². The predicted molar refractivity (Wildman–Crippen MR) is 252 cm³/mol. The third kappa shape index (κ3) is 39.6. The fourth-order valence-electron chi connectivity index (χ4n) is 7.88. The smallest absolute Gasteiger partial charge is 0.333 e. The molecule has 2 atom stereocenters. The molecule has 0 aromatic heterocycles. The molecule has 2 unspecified atom stereocenters. The van der Waals surface area contributed by atoms with E-state index in [4.69, 9.17) is 18.3 Å². The first-order valence-corrected chi connectivity index (χ1v) is 28.6. The Labute approximate surface area is 363 Å². The zero-order valence-corrected chi connectivity index (χ0v) is 41.1. The molecule has 0 aliphatic carbocycles. The molecule has 1 N–H and O–H groups in total. The van der Waals surface area contributed by atoms with Crippen LogP contribution in [0.1, 0.15) is 246 Å². The molecule has 0 amide bonds. The molecule has 0 saturated carbocycles. The first-order chi connectivity index (χ1) is 28.3. The molecule has 0 aliphatic rings. The van der Waals surface area contributed by atoms with Crippen LogP contribution in [0, 0.1) is 5.92 Å². The van der Waals surface area contributed by atoms with Crippen LogP contribution in [0.2, 0.25) is 13.1 Å². The number of unbranched alkanes of at least 4 members (excludes halogenated alkanes) is 24. The van der Waals surface area contributed by atoms with Gasteiger partial charge in [0.25, 0.3) is 0 Å². The summed E-state index contributed by atoms with van der Waals surface area (Å²) < 4.78 is 25.1. The lowest BCUT2D eigenvalue weighted by Crippen LogP contribution is -2.40. The number of aliphatic hydroxyl groups excluding tert-OH is 1. The Hall–Kier alpha value is -0.513. The van der Waals surface area contributed by atoms with Gasteiger partial charge in [0.05, 0.1) is 12.5 Å². The van der Waals surface area contributed by atoms with Gasteiger partial charge in [-0.15, -0.1) is 0 Å². The van der Waals surface area contributed by atoms with Crippen molar-refractivity contribution >= 4 is 14.5 Å². The zero-order valence-electron chi connectivity index (χ0n) is 40.1. The summed E-state index contributed by atoms with van der Waals surface area (Å²) in [6.45, 7) is 19.1. The maximum Gasteiger partial charge on any atom is 0.333 e. The first-order valence-electron chi connectivity index (χ1n) is 25.8. The van der Waals surface area contributed by atoms with E-state index in [0.717, 1.165) is 110 Å². The van der Waals surface area contributed by atoms with E-state index in [2.05, 4.69) is 45.7 Å². The molecule has 0 aliphatic heterocycles. The number of nitrogens with zero attached hydrogens (tertiary/aromatic N) is 1. The van der Waals surface area contributed by atoms with E-state index in [-0.39, 0.29) is 24.8 Å². The highest BCUT2D eigenvalue weighted by Gasteiger charge is 2.29. The van der Waals surface area contributed by atoms with Gasteiger partial charge in [0.1, 0.15) is 6.29 Å². The second-order valence-corrected chi connectivity index (χ2v) is 21.3. The van der Waals surface area contributed by atoms with Gasteiger partial charge in [-0.3, -0.25) is 4.79 Å². The zero-order chi connectivity index (χ0) is 42.6. The molecule has 0 fully saturated rings. The number of carbonyl (C=O) groups excluding carboxylic acids is 1. The molecule has 0 bridgehead atoms. The summed E-state index contributed by atoms with van der Waals surface area (Å²) in [5.74, 6) is 0.157. The van der Waals surface area contributed by atoms with Gasteiger partial charge >= 0.3 is 14.5 Å². The van der Waals surface area contributed by atoms with Gasteiger partial charge in [-0.1, -0.05) is 175 Å². The van der Waals surface area contributed by atoms with Crippen molar-refractivity contribution < 1.29 is 28.2 Å². The second-order valence-electron chi connectivity index (χ2n) is 18.0. The molecule has 58 heavy (non-hydrogen) atoms. The van der Waals surface area contributed by atoms with Gasteiger partial charge in [0.15, 0.2) is 0 Å². The number of hydrogen-bond acceptors (Lipinski definition) is 7. The van der Waals surface area contributed by atoms with Crippen molar-refractivity contribution in [3.8, 4) is 0 Å². The molecule has 0 heterocycles. The monoisotopic (exact) mass is 842 g/mol. The Morgan fingerprint density at radius 3 is 1.41 bits per heavy atom. The fourth-order valence-corrected chi connectivity index (χ4v) is 9.40. The molecular weight excluding hydrogens is 739 g/mol. The number of hydrogen-bond donors (Lipinski definition) is 1. The molecule has 0 aromatic rings. The standard InChI is InChI=1S/C50H103NO6Si/c1-7-11-15-18-20-21-25-35-45-54-49(40-28-14-10-4)57-58(5,6)56-47-37-27-24-32-42-51(43-33-34-44-52)41-31-23-26-36-46-55-50(53)48(38-29-17-13-9-3)39-30-22-19-16-12-8-2/h48-49,52H,7-47H2,1-6H3. The van der Waals surface area contributed by atoms with Crippen LogP contribution in [0.25, 0.3) is 0 Å². The van der Waals surface area contributed by atoms with Gasteiger partial charge in [0.2, 0.25) is 0 Å². The lowest BCUT2D eigenvalue weighted by atomic mass is 9.94. The van der Waals surface area contributed by atoms with Crippen molar-refractivity contribution in [3.05, 3.63) is 0 Å². The first kappa shape index (κ1) is 57.5. The van der Waals surface area contributed by atoms with Crippen molar-refractivity contribution in [2.45, 2.75) is 265 Å². The fraction of sp³-hybridized carbons (Fsp3) is 0.980. The van der Waals surface area contributed by atoms with E-state index in [0.29, 0.717) is 6.61 Å². The third-order valence-electron chi connectivity index (χ3n) is 11.7. The number of aliphatic hydroxyl groups is 1. The highest BCUT2D eigenvalue weighted by atomic mass is 28.4. The van der Waals surface area contributed by atoms with E-state index >= 15 is 0 Å². The Balaban J connectivity index is 4.39. The average molecular weight is 842 g/mol. The summed E-state index contributed by atoms with van der Waals surface area (Å²) in [5, 5.41) is 9.36. The minimum Gasteiger partial charge on any atom is -0.465 e. The van der Waals surface area contributed by atoms with Crippen LogP contribution in [0.4, 0.5) is 0 Å². The maximum absolute atomic E-state index is 13.0. The Kier molecular flexibility index (Phi) is 44.1. The van der Waals surface area contributed by atoms with Gasteiger partial charge in [-0.25, -0.2) is 0 Å². The van der Waals surface area contributed by atoms with Gasteiger partial charge in [0, 0.05) is 19.8 Å². The van der Waals surface area contributed by atoms with E-state index in [9.17, 15) is 9.90 Å². The maximum atomic E-state index is 13.0. The molecule has 0 aromatic carbocycles. The summed E-state index contributed by atoms with van der Waals surface area (Å²) in [6, 6.07) is 0. The van der Waals surface area contributed by atoms with Gasteiger partial charge < -0.3 is 28.3 Å². The topological polar surface area (TPSA) is 77.5 Å². The lowest BCUT2D eigenvalue weighted by molar-refractivity contribution is -0.149. The molecule has 348 valence electrons. The van der Waals surface area contributed by atoms with Crippen LogP contribution >= 0.6 is 0 Å². The SMILES string of the molecule is CCCCCCCCCCOC(CCCCC)O[Si](C)(C)OCCCCCCN(CCCCO)CCCCCCOC(=O)C(CCCCCC)CCCCCCCC. The van der Waals surface area contributed by atoms with Crippen molar-refractivity contribution in [2.75, 3.05) is 46.1 Å². The minimum absolute atomic E-state index is 0.0615. The highest BCUT2D eigenvalue weighted by molar-refractivity contribution is 6.64. The molecule has 7 nitrogen and oxygen atoms in total. The van der Waals surface area contributed by atoms with Gasteiger partial charge in [-0.05, 0) is 103 Å². The number of carbonyl (C=O) groups is 1. The van der Waals surface area contributed by atoms with Crippen molar-refractivity contribution in [1.82, 2.24) is 4.90 Å². The number of esters is 1. The van der Waals surface area contributed by atoms with E-state index in [1.54, 1.807) is 0 Å². The quantitative estimate of drug-likeness (QED) is 0.0283. The summed E-state index contributed by atoms with van der Waals surface area (Å²) >= 11 is 0. The average Bonchev–Trinajstić information content (AvgIpc) is 3.21. The Bertz CT molecular complexity index is 832. The van der Waals surface area contributed by atoms with Crippen LogP contribution in [0.15, 0.2) is 0 Å². The Morgan fingerprint density at radius 2 is 0.879 bits per heavy atom. The minimum atomic E-state index is -2.26. The van der Waals surface area contributed by atoms with Crippen molar-refractivity contribution in [2.24, 2.45) is 5.92 Å². The highest BCUT2D eigenvalue weighted by Crippen LogP contribution is 2.22. The molecule has 0 radical (unpaired) electrons. The van der Waals surface area contributed by atoms with Crippen LogP contribution in [0.5, 0.6) is 0 Å². The summed E-state index contributed by atoms with van der Waals surface area (Å²) in [5.41, 5.74) is 0. The largest absolute Gasteiger partial charge is 0.465 e. The third-order valence-corrected chi connectivity index (χ3v) is 13.4. The molecule has 0 saturated heterocycles. The van der Waals surface area contributed by atoms with E-state index in [1.165, 1.54) is 141 Å². The molecule has 0 rings (SSSR count). The van der Waals surface area contributed by atoms with Crippen LogP contribution < -0.4 is 0 Å². The molecular formula is C50H103NO6Si. The Morgan fingerprint density at radius 1 is 0.483 bits per heavy atom. The van der Waals surface area contributed by atoms with Crippen molar-refractivity contribution in [1.29, 1.82) is 0 Å². The summed E-state index contributed by atoms with van der Waals surface area (Å²) in [4.78, 5) is 15.6. The van der Waals surface area contributed by atoms with Crippen LogP contribution in [0.3, 0.4) is 0 Å². The molecule has 0 spiro atoms. The summed E-state index contributed by atoms with van der Waals surface area (Å²) in [6.07, 6.45) is 40.5. The molecule has 8 heteroatoms. The van der Waals surface area contributed by atoms with E-state index < -0.39 is 8.56 Å².